The Morgan fingerprint density at radius 1 is 1.24 bits per heavy atom. The van der Waals surface area contributed by atoms with Crippen LogP contribution in [0.15, 0.2) is 47.1 Å². The van der Waals surface area contributed by atoms with Crippen molar-refractivity contribution in [3.05, 3.63) is 59.7 Å². The number of carbonyl (C=O) groups is 1. The SMILES string of the molecule is Cc1[nH]c2ccccc2c1C1C(CCNC(=O)c2ccco2)C1(C)C. The predicted octanol–water partition coefficient (Wildman–Crippen LogP) is 4.63. The zero-order valence-corrected chi connectivity index (χ0v) is 14.9. The van der Waals surface area contributed by atoms with Crippen LogP contribution in [0, 0.1) is 18.3 Å². The lowest BCUT2D eigenvalue weighted by molar-refractivity contribution is 0.0924. The second kappa shape index (κ2) is 5.80. The Balaban J connectivity index is 1.47. The number of hydrogen-bond donors (Lipinski definition) is 2. The number of amides is 1. The van der Waals surface area contributed by atoms with Crippen molar-refractivity contribution < 1.29 is 9.21 Å². The maximum absolute atomic E-state index is 12.0. The van der Waals surface area contributed by atoms with Crippen LogP contribution >= 0.6 is 0 Å². The van der Waals surface area contributed by atoms with Gasteiger partial charge >= 0.3 is 0 Å². The molecule has 2 atom stereocenters. The Kier molecular flexibility index (Phi) is 3.71. The van der Waals surface area contributed by atoms with Crippen LogP contribution in [-0.4, -0.2) is 17.4 Å². The summed E-state index contributed by atoms with van der Waals surface area (Å²) in [5, 5.41) is 4.30. The number of hydrogen-bond acceptors (Lipinski definition) is 2. The normalized spacial score (nSPS) is 21.4. The third-order valence-corrected chi connectivity index (χ3v) is 5.79. The third-order valence-electron chi connectivity index (χ3n) is 5.79. The predicted molar refractivity (Wildman–Crippen MR) is 98.7 cm³/mol. The van der Waals surface area contributed by atoms with Crippen LogP contribution in [0.25, 0.3) is 10.9 Å². The summed E-state index contributed by atoms with van der Waals surface area (Å²) in [7, 11) is 0. The molecule has 2 heterocycles. The quantitative estimate of drug-likeness (QED) is 0.714. The Morgan fingerprint density at radius 3 is 2.80 bits per heavy atom. The molecule has 0 radical (unpaired) electrons. The number of aryl methyl sites for hydroxylation is 1. The highest BCUT2D eigenvalue weighted by Crippen LogP contribution is 2.67. The van der Waals surface area contributed by atoms with Gasteiger partial charge in [-0.25, -0.2) is 0 Å². The second-order valence-electron chi connectivity index (χ2n) is 7.64. The molecule has 4 rings (SSSR count). The molecule has 1 fully saturated rings. The Morgan fingerprint density at radius 2 is 2.04 bits per heavy atom. The van der Waals surface area contributed by atoms with E-state index in [2.05, 4.69) is 55.3 Å². The van der Waals surface area contributed by atoms with Crippen LogP contribution in [0.2, 0.25) is 0 Å². The lowest BCUT2D eigenvalue weighted by atomic mass is 10.0. The molecule has 1 saturated carbocycles. The minimum atomic E-state index is -0.136. The molecule has 4 nitrogen and oxygen atoms in total. The lowest BCUT2D eigenvalue weighted by Crippen LogP contribution is -2.24. The van der Waals surface area contributed by atoms with Gasteiger partial charge in [0.05, 0.1) is 6.26 Å². The Labute approximate surface area is 147 Å². The van der Waals surface area contributed by atoms with E-state index in [0.717, 1.165) is 6.42 Å². The highest BCUT2D eigenvalue weighted by atomic mass is 16.3. The maximum Gasteiger partial charge on any atom is 0.286 e. The van der Waals surface area contributed by atoms with E-state index in [4.69, 9.17) is 4.42 Å². The molecule has 1 aliphatic rings. The number of H-pyrrole nitrogens is 1. The van der Waals surface area contributed by atoms with E-state index in [9.17, 15) is 4.79 Å². The van der Waals surface area contributed by atoms with Gasteiger partial charge < -0.3 is 14.7 Å². The van der Waals surface area contributed by atoms with Crippen molar-refractivity contribution in [2.45, 2.75) is 33.1 Å². The summed E-state index contributed by atoms with van der Waals surface area (Å²) in [6, 6.07) is 11.9. The molecule has 2 aromatic heterocycles. The highest BCUT2D eigenvalue weighted by molar-refractivity contribution is 5.91. The fourth-order valence-corrected chi connectivity index (χ4v) is 4.39. The van der Waals surface area contributed by atoms with Crippen molar-refractivity contribution >= 4 is 16.8 Å². The summed E-state index contributed by atoms with van der Waals surface area (Å²) >= 11 is 0. The van der Waals surface area contributed by atoms with Crippen LogP contribution in [-0.2, 0) is 0 Å². The molecule has 1 aliphatic carbocycles. The number of carbonyl (C=O) groups excluding carboxylic acids is 1. The summed E-state index contributed by atoms with van der Waals surface area (Å²) < 4.78 is 5.14. The number of fused-ring (bicyclic) bond motifs is 1. The summed E-state index contributed by atoms with van der Waals surface area (Å²) in [5.74, 6) is 1.34. The zero-order valence-electron chi connectivity index (χ0n) is 14.9. The van der Waals surface area contributed by atoms with Crippen molar-refractivity contribution in [3.8, 4) is 0 Å². The fourth-order valence-electron chi connectivity index (χ4n) is 4.39. The second-order valence-corrected chi connectivity index (χ2v) is 7.64. The van der Waals surface area contributed by atoms with Crippen LogP contribution in [0.1, 0.15) is 48.0 Å². The van der Waals surface area contributed by atoms with Crippen LogP contribution in [0.4, 0.5) is 0 Å². The van der Waals surface area contributed by atoms with E-state index >= 15 is 0 Å². The largest absolute Gasteiger partial charge is 0.459 e. The van der Waals surface area contributed by atoms with Gasteiger partial charge in [0.2, 0.25) is 0 Å². The molecule has 4 heteroatoms. The molecule has 0 bridgehead atoms. The van der Waals surface area contributed by atoms with E-state index in [1.165, 1.54) is 28.4 Å². The molecular formula is C21H24N2O2. The summed E-state index contributed by atoms with van der Waals surface area (Å²) in [5.41, 5.74) is 4.18. The minimum absolute atomic E-state index is 0.136. The van der Waals surface area contributed by atoms with Gasteiger partial charge in [-0.15, -0.1) is 0 Å². The monoisotopic (exact) mass is 336 g/mol. The van der Waals surface area contributed by atoms with Crippen molar-refractivity contribution in [1.82, 2.24) is 10.3 Å². The first-order valence-electron chi connectivity index (χ1n) is 8.89. The highest BCUT2D eigenvalue weighted by Gasteiger charge is 2.58. The van der Waals surface area contributed by atoms with Gasteiger partial charge in [0, 0.05) is 23.1 Å². The lowest BCUT2D eigenvalue weighted by Gasteiger charge is -2.04. The van der Waals surface area contributed by atoms with Gasteiger partial charge in [-0.1, -0.05) is 32.0 Å². The van der Waals surface area contributed by atoms with Gasteiger partial charge in [0.1, 0.15) is 0 Å². The number of rotatable bonds is 5. The molecule has 0 saturated heterocycles. The number of nitrogens with one attached hydrogen (secondary N) is 2. The molecule has 0 aliphatic heterocycles. The summed E-state index contributed by atoms with van der Waals surface area (Å²) in [6.45, 7) is 7.50. The van der Waals surface area contributed by atoms with Crippen LogP contribution < -0.4 is 5.32 Å². The van der Waals surface area contributed by atoms with Crippen LogP contribution in [0.5, 0.6) is 0 Å². The van der Waals surface area contributed by atoms with Crippen molar-refractivity contribution in [2.24, 2.45) is 11.3 Å². The van der Waals surface area contributed by atoms with Crippen molar-refractivity contribution in [2.75, 3.05) is 6.54 Å². The molecule has 1 amide bonds. The van der Waals surface area contributed by atoms with Gasteiger partial charge in [-0.05, 0) is 54.4 Å². The van der Waals surface area contributed by atoms with Crippen molar-refractivity contribution in [3.63, 3.8) is 0 Å². The first-order valence-corrected chi connectivity index (χ1v) is 8.89. The Hall–Kier alpha value is -2.49. The molecule has 2 unspecified atom stereocenters. The van der Waals surface area contributed by atoms with Gasteiger partial charge in [-0.3, -0.25) is 4.79 Å². The van der Waals surface area contributed by atoms with E-state index in [0.29, 0.717) is 24.1 Å². The first kappa shape index (κ1) is 16.0. The number of aromatic nitrogens is 1. The molecule has 25 heavy (non-hydrogen) atoms. The number of furan rings is 1. The summed E-state index contributed by atoms with van der Waals surface area (Å²) in [4.78, 5) is 15.5. The Bertz CT molecular complexity index is 905. The topological polar surface area (TPSA) is 58.0 Å². The number of aromatic amines is 1. The van der Waals surface area contributed by atoms with E-state index in [1.54, 1.807) is 12.1 Å². The van der Waals surface area contributed by atoms with E-state index < -0.39 is 0 Å². The van der Waals surface area contributed by atoms with Crippen LogP contribution in [0.3, 0.4) is 0 Å². The summed E-state index contributed by atoms with van der Waals surface area (Å²) in [6.07, 6.45) is 2.50. The number of para-hydroxylation sites is 1. The van der Waals surface area contributed by atoms with Gasteiger partial charge in [-0.2, -0.15) is 0 Å². The maximum atomic E-state index is 12.0. The molecule has 3 aromatic rings. The average molecular weight is 336 g/mol. The fraction of sp³-hybridized carbons (Fsp3) is 0.381. The van der Waals surface area contributed by atoms with Gasteiger partial charge in [0.25, 0.3) is 5.91 Å². The third kappa shape index (κ3) is 2.66. The molecule has 2 N–H and O–H groups in total. The smallest absolute Gasteiger partial charge is 0.286 e. The average Bonchev–Trinajstić information content (AvgIpc) is 3.00. The minimum Gasteiger partial charge on any atom is -0.459 e. The molecule has 1 aromatic carbocycles. The van der Waals surface area contributed by atoms with Gasteiger partial charge in [0.15, 0.2) is 5.76 Å². The molecule has 130 valence electrons. The first-order chi connectivity index (χ1) is 12.0. The molecule has 0 spiro atoms. The van der Waals surface area contributed by atoms with E-state index in [1.807, 2.05) is 0 Å². The zero-order chi connectivity index (χ0) is 17.6. The van der Waals surface area contributed by atoms with Crippen molar-refractivity contribution in [1.29, 1.82) is 0 Å². The molecular weight excluding hydrogens is 312 g/mol. The standard InChI is InChI=1S/C21H24N2O2/c1-13-18(14-7-4-5-8-16(14)23-13)19-15(21(19,2)3)10-11-22-20(24)17-9-6-12-25-17/h4-9,12,15,19,23H,10-11H2,1-3H3,(H,22,24). The van der Waals surface area contributed by atoms with E-state index in [-0.39, 0.29) is 11.3 Å². The number of benzene rings is 1.